The zero-order chi connectivity index (χ0) is 19.8. The van der Waals surface area contributed by atoms with Gasteiger partial charge in [0.1, 0.15) is 23.5 Å². The quantitative estimate of drug-likeness (QED) is 0.520. The molecule has 144 valence electrons. The minimum atomic E-state index is -0.356. The highest BCUT2D eigenvalue weighted by molar-refractivity contribution is 7.10. The molecule has 3 aromatic heterocycles. The smallest absolute Gasteiger partial charge is 0.278 e. The summed E-state index contributed by atoms with van der Waals surface area (Å²) in [5.41, 5.74) is 0.835. The first-order valence-electron chi connectivity index (χ1n) is 9.00. The third kappa shape index (κ3) is 3.15. The molecule has 1 aliphatic heterocycles. The molecule has 0 spiro atoms. The van der Waals surface area contributed by atoms with Crippen molar-refractivity contribution >= 4 is 33.9 Å². The van der Waals surface area contributed by atoms with Gasteiger partial charge in [-0.25, -0.2) is 9.69 Å². The van der Waals surface area contributed by atoms with Crippen molar-refractivity contribution in [3.63, 3.8) is 0 Å². The van der Waals surface area contributed by atoms with E-state index in [0.29, 0.717) is 28.8 Å². The summed E-state index contributed by atoms with van der Waals surface area (Å²) in [4.78, 5) is 26.8. The second-order valence-corrected chi connectivity index (χ2v) is 7.55. The second-order valence-electron chi connectivity index (χ2n) is 6.57. The SMILES string of the molecule is O=C(Cn1nnc2ccccc2c1=O)N1N=C(c2ccco2)C[C@H]1c1cccs1. The van der Waals surface area contributed by atoms with E-state index >= 15 is 0 Å². The van der Waals surface area contributed by atoms with Crippen LogP contribution in [0.4, 0.5) is 0 Å². The van der Waals surface area contributed by atoms with Gasteiger partial charge in [-0.05, 0) is 35.7 Å². The van der Waals surface area contributed by atoms with Crippen LogP contribution in [0.5, 0.6) is 0 Å². The fourth-order valence-corrected chi connectivity index (χ4v) is 4.17. The average Bonchev–Trinajstić information content (AvgIpc) is 3.50. The largest absolute Gasteiger partial charge is 0.463 e. The van der Waals surface area contributed by atoms with Crippen LogP contribution in [0.25, 0.3) is 10.9 Å². The predicted octanol–water partition coefficient (Wildman–Crippen LogP) is 2.82. The van der Waals surface area contributed by atoms with E-state index in [-0.39, 0.29) is 24.1 Å². The van der Waals surface area contributed by atoms with Gasteiger partial charge in [0.2, 0.25) is 0 Å². The van der Waals surface area contributed by atoms with E-state index in [1.807, 2.05) is 23.6 Å². The van der Waals surface area contributed by atoms with E-state index in [1.54, 1.807) is 47.9 Å². The highest BCUT2D eigenvalue weighted by atomic mass is 32.1. The van der Waals surface area contributed by atoms with Crippen molar-refractivity contribution < 1.29 is 9.21 Å². The molecule has 9 heteroatoms. The number of carbonyl (C=O) groups is 1. The molecule has 4 heterocycles. The molecule has 0 aliphatic carbocycles. The Hall–Kier alpha value is -3.59. The number of hydrogen-bond donors (Lipinski definition) is 0. The van der Waals surface area contributed by atoms with Crippen LogP contribution in [0.1, 0.15) is 23.1 Å². The Morgan fingerprint density at radius 3 is 2.86 bits per heavy atom. The molecule has 29 heavy (non-hydrogen) atoms. The number of amides is 1. The molecule has 1 aromatic carbocycles. The van der Waals surface area contributed by atoms with Crippen molar-refractivity contribution in [3.05, 3.63) is 81.2 Å². The third-order valence-electron chi connectivity index (χ3n) is 4.76. The number of fused-ring (bicyclic) bond motifs is 1. The summed E-state index contributed by atoms with van der Waals surface area (Å²) >= 11 is 1.56. The Kier molecular flexibility index (Phi) is 4.28. The summed E-state index contributed by atoms with van der Waals surface area (Å²) < 4.78 is 6.53. The molecule has 1 aliphatic rings. The molecule has 0 fully saturated rings. The topological polar surface area (TPSA) is 93.6 Å². The number of furan rings is 1. The number of rotatable bonds is 4. The number of thiophene rings is 1. The number of aromatic nitrogens is 3. The van der Waals surface area contributed by atoms with Crippen molar-refractivity contribution in [1.29, 1.82) is 0 Å². The average molecular weight is 405 g/mol. The van der Waals surface area contributed by atoms with Crippen LogP contribution in [-0.4, -0.2) is 31.6 Å². The molecule has 8 nitrogen and oxygen atoms in total. The summed E-state index contributed by atoms with van der Waals surface area (Å²) in [6, 6.07) is 14.2. The lowest BCUT2D eigenvalue weighted by Gasteiger charge is -2.20. The van der Waals surface area contributed by atoms with Crippen LogP contribution < -0.4 is 5.56 Å². The fraction of sp³-hybridized carbons (Fsp3) is 0.150. The van der Waals surface area contributed by atoms with Crippen molar-refractivity contribution in [1.82, 2.24) is 20.0 Å². The molecule has 0 saturated carbocycles. The van der Waals surface area contributed by atoms with Crippen LogP contribution in [-0.2, 0) is 11.3 Å². The van der Waals surface area contributed by atoms with Gasteiger partial charge < -0.3 is 4.42 Å². The van der Waals surface area contributed by atoms with Gasteiger partial charge in [-0.1, -0.05) is 23.4 Å². The summed E-state index contributed by atoms with van der Waals surface area (Å²) in [6.45, 7) is -0.243. The highest BCUT2D eigenvalue weighted by Crippen LogP contribution is 2.35. The van der Waals surface area contributed by atoms with Gasteiger partial charge >= 0.3 is 0 Å². The standard InChI is InChI=1S/C20H15N5O3S/c26-19(12-24-20(27)13-5-1-2-6-14(13)21-23-24)25-16(18-8-4-10-29-18)11-15(22-25)17-7-3-9-28-17/h1-10,16H,11-12H2/t16-/m0/s1. The zero-order valence-corrected chi connectivity index (χ0v) is 16.0. The van der Waals surface area contributed by atoms with Crippen LogP contribution >= 0.6 is 11.3 Å². The first-order chi connectivity index (χ1) is 14.2. The van der Waals surface area contributed by atoms with Crippen molar-refractivity contribution in [2.24, 2.45) is 5.10 Å². The lowest BCUT2D eigenvalue weighted by molar-refractivity contribution is -0.133. The number of carbonyl (C=O) groups excluding carboxylic acids is 1. The zero-order valence-electron chi connectivity index (χ0n) is 15.1. The first kappa shape index (κ1) is 17.5. The normalized spacial score (nSPS) is 16.3. The van der Waals surface area contributed by atoms with Gasteiger partial charge in [0.05, 0.1) is 17.7 Å². The molecule has 1 atom stereocenters. The van der Waals surface area contributed by atoms with Crippen molar-refractivity contribution in [3.8, 4) is 0 Å². The van der Waals surface area contributed by atoms with E-state index < -0.39 is 0 Å². The molecular weight excluding hydrogens is 390 g/mol. The molecule has 1 amide bonds. The number of hydrazone groups is 1. The molecule has 0 saturated heterocycles. The minimum Gasteiger partial charge on any atom is -0.463 e. The summed E-state index contributed by atoms with van der Waals surface area (Å²) in [5, 5.41) is 16.3. The Bertz CT molecular complexity index is 1260. The molecule has 0 unspecified atom stereocenters. The maximum Gasteiger partial charge on any atom is 0.278 e. The van der Waals surface area contributed by atoms with E-state index in [9.17, 15) is 9.59 Å². The van der Waals surface area contributed by atoms with Gasteiger partial charge in [0, 0.05) is 11.3 Å². The maximum absolute atomic E-state index is 13.1. The summed E-state index contributed by atoms with van der Waals surface area (Å²) in [5.74, 6) is 0.293. The highest BCUT2D eigenvalue weighted by Gasteiger charge is 2.35. The monoisotopic (exact) mass is 405 g/mol. The van der Waals surface area contributed by atoms with Crippen LogP contribution in [0, 0.1) is 0 Å². The van der Waals surface area contributed by atoms with Crippen LogP contribution in [0.2, 0.25) is 0 Å². The van der Waals surface area contributed by atoms with Gasteiger partial charge in [-0.15, -0.1) is 16.4 Å². The third-order valence-corrected chi connectivity index (χ3v) is 5.73. The molecule has 4 aromatic rings. The minimum absolute atomic E-state index is 0.243. The Morgan fingerprint density at radius 1 is 1.17 bits per heavy atom. The summed E-state index contributed by atoms with van der Waals surface area (Å²) in [6.07, 6.45) is 2.12. The van der Waals surface area contributed by atoms with Gasteiger partial charge in [-0.3, -0.25) is 9.59 Å². The van der Waals surface area contributed by atoms with Crippen LogP contribution in [0.15, 0.2) is 74.5 Å². The van der Waals surface area contributed by atoms with Crippen molar-refractivity contribution in [2.75, 3.05) is 0 Å². The Balaban J connectivity index is 1.48. The molecule has 0 N–H and O–H groups in total. The molecule has 0 radical (unpaired) electrons. The molecular formula is C20H15N5O3S. The van der Waals surface area contributed by atoms with Gasteiger partial charge in [0.25, 0.3) is 11.5 Å². The Morgan fingerprint density at radius 2 is 2.07 bits per heavy atom. The fourth-order valence-electron chi connectivity index (χ4n) is 3.36. The molecule has 5 rings (SSSR count). The van der Waals surface area contributed by atoms with Crippen LogP contribution in [0.3, 0.4) is 0 Å². The second kappa shape index (κ2) is 7.10. The summed E-state index contributed by atoms with van der Waals surface area (Å²) in [7, 11) is 0. The van der Waals surface area contributed by atoms with E-state index in [4.69, 9.17) is 4.42 Å². The first-order valence-corrected chi connectivity index (χ1v) is 9.88. The van der Waals surface area contributed by atoms with Gasteiger partial charge in [-0.2, -0.15) is 5.10 Å². The van der Waals surface area contributed by atoms with E-state index in [2.05, 4.69) is 15.4 Å². The maximum atomic E-state index is 13.1. The molecule has 0 bridgehead atoms. The van der Waals surface area contributed by atoms with Crippen molar-refractivity contribution in [2.45, 2.75) is 19.0 Å². The Labute approximate surface area is 168 Å². The van der Waals surface area contributed by atoms with E-state index in [1.165, 1.54) is 5.01 Å². The van der Waals surface area contributed by atoms with E-state index in [0.717, 1.165) is 9.56 Å². The number of nitrogens with zero attached hydrogens (tertiary/aromatic N) is 5. The number of benzene rings is 1. The van der Waals surface area contributed by atoms with Gasteiger partial charge in [0.15, 0.2) is 0 Å². The lowest BCUT2D eigenvalue weighted by atomic mass is 10.1. The number of hydrogen-bond acceptors (Lipinski definition) is 7. The lowest BCUT2D eigenvalue weighted by Crippen LogP contribution is -2.35. The predicted molar refractivity (Wildman–Crippen MR) is 108 cm³/mol.